The minimum atomic E-state index is 0.773. The highest BCUT2D eigenvalue weighted by atomic mass is 32.2. The van der Waals surface area contributed by atoms with Crippen LogP contribution in [0.2, 0.25) is 0 Å². The molecule has 0 aromatic rings. The summed E-state index contributed by atoms with van der Waals surface area (Å²) in [4.78, 5) is 0. The van der Waals surface area contributed by atoms with Gasteiger partial charge in [-0.2, -0.15) is 11.8 Å². The van der Waals surface area contributed by atoms with Gasteiger partial charge in [0.2, 0.25) is 0 Å². The van der Waals surface area contributed by atoms with Crippen molar-refractivity contribution in [1.82, 2.24) is 5.32 Å². The zero-order valence-electron chi connectivity index (χ0n) is 7.68. The van der Waals surface area contributed by atoms with E-state index in [0.29, 0.717) is 0 Å². The van der Waals surface area contributed by atoms with Crippen LogP contribution in [0.1, 0.15) is 26.2 Å². The van der Waals surface area contributed by atoms with Crippen molar-refractivity contribution in [2.24, 2.45) is 11.3 Å². The molecule has 4 unspecified atom stereocenters. The number of thioether (sulfide) groups is 1. The van der Waals surface area contributed by atoms with Crippen LogP contribution >= 0.6 is 11.8 Å². The van der Waals surface area contributed by atoms with Crippen LogP contribution in [0.5, 0.6) is 0 Å². The molecule has 2 heterocycles. The predicted molar refractivity (Wildman–Crippen MR) is 53.5 cm³/mol. The van der Waals surface area contributed by atoms with E-state index in [1.807, 2.05) is 0 Å². The third kappa shape index (κ3) is 0.912. The van der Waals surface area contributed by atoms with Gasteiger partial charge in [-0.05, 0) is 37.1 Å². The molecule has 3 aliphatic rings. The zero-order valence-corrected chi connectivity index (χ0v) is 8.49. The highest BCUT2D eigenvalue weighted by Crippen LogP contribution is 2.63. The molecule has 0 bridgehead atoms. The van der Waals surface area contributed by atoms with Crippen molar-refractivity contribution in [2.45, 2.75) is 36.7 Å². The van der Waals surface area contributed by atoms with E-state index < -0.39 is 0 Å². The smallest absolute Gasteiger partial charge is 0.0122 e. The first-order valence-electron chi connectivity index (χ1n) is 5.17. The summed E-state index contributed by atoms with van der Waals surface area (Å²) in [6.07, 6.45) is 4.48. The quantitative estimate of drug-likeness (QED) is 0.666. The van der Waals surface area contributed by atoms with Gasteiger partial charge in [-0.25, -0.2) is 0 Å². The van der Waals surface area contributed by atoms with Crippen LogP contribution in [0.25, 0.3) is 0 Å². The van der Waals surface area contributed by atoms with Gasteiger partial charge in [0.1, 0.15) is 0 Å². The van der Waals surface area contributed by atoms with Crippen LogP contribution < -0.4 is 5.32 Å². The number of rotatable bonds is 1. The molecule has 2 aliphatic heterocycles. The lowest BCUT2D eigenvalue weighted by atomic mass is 9.97. The second-order valence-corrected chi connectivity index (χ2v) is 6.42. The van der Waals surface area contributed by atoms with Gasteiger partial charge < -0.3 is 5.32 Å². The van der Waals surface area contributed by atoms with E-state index in [-0.39, 0.29) is 0 Å². The average molecular weight is 183 g/mol. The average Bonchev–Trinajstić information content (AvgIpc) is 2.50. The van der Waals surface area contributed by atoms with Crippen LogP contribution in [0.3, 0.4) is 0 Å². The lowest BCUT2D eigenvalue weighted by molar-refractivity contribution is 0.475. The summed E-state index contributed by atoms with van der Waals surface area (Å²) in [5, 5.41) is 5.48. The first kappa shape index (κ1) is 7.69. The molecule has 0 aromatic carbocycles. The maximum atomic E-state index is 3.54. The number of fused-ring (bicyclic) bond motifs is 1. The second kappa shape index (κ2) is 2.42. The second-order valence-electron chi connectivity index (χ2n) is 4.78. The molecule has 1 N–H and O–H groups in total. The fraction of sp³-hybridized carbons (Fsp3) is 1.00. The standard InChI is InChI=1S/C10H17NS/c1-7-2-3-9(12-7)10-4-8(10)5-11-6-10/h7-9,11H,2-6H2,1H3. The Bertz CT molecular complexity index is 206. The monoisotopic (exact) mass is 183 g/mol. The van der Waals surface area contributed by atoms with Crippen molar-refractivity contribution in [2.75, 3.05) is 13.1 Å². The topological polar surface area (TPSA) is 12.0 Å². The maximum absolute atomic E-state index is 3.54. The number of hydrogen-bond donors (Lipinski definition) is 1. The number of nitrogens with one attached hydrogen (secondary N) is 1. The van der Waals surface area contributed by atoms with Crippen molar-refractivity contribution in [3.05, 3.63) is 0 Å². The molecule has 4 atom stereocenters. The van der Waals surface area contributed by atoms with Crippen molar-refractivity contribution in [1.29, 1.82) is 0 Å². The van der Waals surface area contributed by atoms with Crippen molar-refractivity contribution in [3.8, 4) is 0 Å². The first-order chi connectivity index (χ1) is 5.81. The molecule has 1 saturated carbocycles. The van der Waals surface area contributed by atoms with Gasteiger partial charge in [0.05, 0.1) is 0 Å². The molecular weight excluding hydrogens is 166 g/mol. The van der Waals surface area contributed by atoms with E-state index in [1.165, 1.54) is 32.4 Å². The molecule has 0 radical (unpaired) electrons. The van der Waals surface area contributed by atoms with Gasteiger partial charge in [0.25, 0.3) is 0 Å². The fourth-order valence-electron chi connectivity index (χ4n) is 3.10. The van der Waals surface area contributed by atoms with Gasteiger partial charge in [0.15, 0.2) is 0 Å². The molecule has 68 valence electrons. The van der Waals surface area contributed by atoms with Crippen LogP contribution in [-0.2, 0) is 0 Å². The van der Waals surface area contributed by atoms with Crippen molar-refractivity contribution in [3.63, 3.8) is 0 Å². The number of hydrogen-bond acceptors (Lipinski definition) is 2. The van der Waals surface area contributed by atoms with E-state index in [9.17, 15) is 0 Å². The molecule has 0 amide bonds. The van der Waals surface area contributed by atoms with Crippen molar-refractivity contribution < 1.29 is 0 Å². The van der Waals surface area contributed by atoms with Crippen LogP contribution in [0, 0.1) is 11.3 Å². The summed E-state index contributed by atoms with van der Waals surface area (Å²) >= 11 is 2.26. The largest absolute Gasteiger partial charge is 0.316 e. The minimum absolute atomic E-state index is 0.773. The third-order valence-electron chi connectivity index (χ3n) is 4.00. The van der Waals surface area contributed by atoms with Gasteiger partial charge in [-0.3, -0.25) is 0 Å². The highest BCUT2D eigenvalue weighted by molar-refractivity contribution is 8.00. The van der Waals surface area contributed by atoms with E-state index in [0.717, 1.165) is 21.8 Å². The molecule has 3 rings (SSSR count). The van der Waals surface area contributed by atoms with Crippen LogP contribution in [0.15, 0.2) is 0 Å². The van der Waals surface area contributed by atoms with E-state index in [4.69, 9.17) is 0 Å². The Balaban J connectivity index is 1.74. The molecule has 12 heavy (non-hydrogen) atoms. The normalized spacial score (nSPS) is 57.2. The van der Waals surface area contributed by atoms with E-state index in [1.54, 1.807) is 0 Å². The summed E-state index contributed by atoms with van der Waals surface area (Å²) in [6, 6.07) is 0. The van der Waals surface area contributed by atoms with Crippen LogP contribution in [-0.4, -0.2) is 23.6 Å². The van der Waals surface area contributed by atoms with Gasteiger partial charge in [0, 0.05) is 17.0 Å². The van der Waals surface area contributed by atoms with E-state index in [2.05, 4.69) is 24.0 Å². The minimum Gasteiger partial charge on any atom is -0.316 e. The molecule has 0 aromatic heterocycles. The Labute approximate surface area is 78.7 Å². The molecule has 2 heteroatoms. The van der Waals surface area contributed by atoms with Gasteiger partial charge >= 0.3 is 0 Å². The molecule has 2 saturated heterocycles. The maximum Gasteiger partial charge on any atom is 0.0122 e. The first-order valence-corrected chi connectivity index (χ1v) is 6.12. The Kier molecular flexibility index (Phi) is 1.55. The van der Waals surface area contributed by atoms with Crippen LogP contribution in [0.4, 0.5) is 0 Å². The van der Waals surface area contributed by atoms with Gasteiger partial charge in [-0.1, -0.05) is 6.92 Å². The number of piperidine rings is 1. The fourth-order valence-corrected chi connectivity index (χ4v) is 4.85. The SMILES string of the molecule is CC1CCC(C23CNCC2C3)S1. The Morgan fingerprint density at radius 2 is 2.33 bits per heavy atom. The highest BCUT2D eigenvalue weighted by Gasteiger charge is 2.62. The predicted octanol–water partition coefficient (Wildman–Crippen LogP) is 1.88. The summed E-state index contributed by atoms with van der Waals surface area (Å²) in [6.45, 7) is 5.02. The molecule has 0 spiro atoms. The van der Waals surface area contributed by atoms with Crippen molar-refractivity contribution >= 4 is 11.8 Å². The summed E-state index contributed by atoms with van der Waals surface area (Å²) in [5.74, 6) is 1.06. The summed E-state index contributed by atoms with van der Waals surface area (Å²) in [5.41, 5.74) is 0.773. The molecule has 3 fully saturated rings. The zero-order chi connectivity index (χ0) is 8.18. The molecule has 1 aliphatic carbocycles. The summed E-state index contributed by atoms with van der Waals surface area (Å²) < 4.78 is 0. The summed E-state index contributed by atoms with van der Waals surface area (Å²) in [7, 11) is 0. The third-order valence-corrected chi connectivity index (χ3v) is 5.73. The molecule has 1 nitrogen and oxygen atoms in total. The Morgan fingerprint density at radius 1 is 1.42 bits per heavy atom. The lowest BCUT2D eigenvalue weighted by Gasteiger charge is -2.19. The Hall–Kier alpha value is 0.310. The van der Waals surface area contributed by atoms with E-state index >= 15 is 0 Å². The lowest BCUT2D eigenvalue weighted by Crippen LogP contribution is -2.24. The van der Waals surface area contributed by atoms with Gasteiger partial charge in [-0.15, -0.1) is 0 Å². The Morgan fingerprint density at radius 3 is 2.83 bits per heavy atom. The molecular formula is C10H17NS.